The van der Waals surface area contributed by atoms with Crippen molar-refractivity contribution < 1.29 is 14.3 Å². The van der Waals surface area contributed by atoms with Crippen LogP contribution < -0.4 is 10.2 Å². The first-order chi connectivity index (χ1) is 10.7. The number of anilines is 1. The van der Waals surface area contributed by atoms with Gasteiger partial charge in [-0.2, -0.15) is 0 Å². The molecule has 1 aromatic rings. The normalized spacial score (nSPS) is 11.0. The molecule has 0 bridgehead atoms. The molecule has 1 N–H and O–H groups in total. The number of amides is 1. The fourth-order valence-corrected chi connectivity index (χ4v) is 2.02. The first kappa shape index (κ1) is 19.0. The van der Waals surface area contributed by atoms with E-state index in [0.717, 1.165) is 24.1 Å². The van der Waals surface area contributed by atoms with E-state index < -0.39 is 11.7 Å². The number of ketones is 1. The van der Waals surface area contributed by atoms with E-state index in [9.17, 15) is 9.59 Å². The molecule has 0 heterocycles. The van der Waals surface area contributed by atoms with Gasteiger partial charge >= 0.3 is 6.09 Å². The first-order valence-corrected chi connectivity index (χ1v) is 7.96. The molecule has 1 rings (SSSR count). The molecule has 0 spiro atoms. The van der Waals surface area contributed by atoms with Crippen molar-refractivity contribution in [1.29, 1.82) is 0 Å². The van der Waals surface area contributed by atoms with Crippen LogP contribution >= 0.6 is 0 Å². The minimum Gasteiger partial charge on any atom is -0.444 e. The molecule has 0 aliphatic heterocycles. The molecule has 0 aliphatic carbocycles. The fourth-order valence-electron chi connectivity index (χ4n) is 2.02. The molecule has 0 aromatic heterocycles. The molecule has 23 heavy (non-hydrogen) atoms. The maximum atomic E-state index is 12.2. The van der Waals surface area contributed by atoms with Gasteiger partial charge in [0.25, 0.3) is 0 Å². The van der Waals surface area contributed by atoms with Crippen LogP contribution in [0.15, 0.2) is 24.3 Å². The maximum Gasteiger partial charge on any atom is 0.407 e. The summed E-state index contributed by atoms with van der Waals surface area (Å²) in [6.45, 7) is 5.99. The molecule has 1 aromatic carbocycles. The minimum atomic E-state index is -0.489. The SMILES string of the molecule is CN(C)c1cccc(C(=O)CCCCNC(=O)OC(C)(C)C)c1. The molecule has 0 atom stereocenters. The van der Waals surface area contributed by atoms with Crippen molar-refractivity contribution in [2.75, 3.05) is 25.5 Å². The van der Waals surface area contributed by atoms with Gasteiger partial charge in [-0.05, 0) is 45.7 Å². The Morgan fingerprint density at radius 3 is 2.48 bits per heavy atom. The second kappa shape index (κ2) is 8.56. The Morgan fingerprint density at radius 1 is 1.17 bits per heavy atom. The number of unbranched alkanes of at least 4 members (excludes halogenated alkanes) is 1. The highest BCUT2D eigenvalue weighted by Crippen LogP contribution is 2.15. The highest BCUT2D eigenvalue weighted by molar-refractivity contribution is 5.96. The van der Waals surface area contributed by atoms with Gasteiger partial charge in [-0.25, -0.2) is 4.79 Å². The van der Waals surface area contributed by atoms with Gasteiger partial charge in [0.1, 0.15) is 5.60 Å². The van der Waals surface area contributed by atoms with Crippen molar-refractivity contribution >= 4 is 17.6 Å². The van der Waals surface area contributed by atoms with Crippen molar-refractivity contribution in [1.82, 2.24) is 5.32 Å². The molecule has 0 radical (unpaired) electrons. The monoisotopic (exact) mass is 320 g/mol. The van der Waals surface area contributed by atoms with Crippen LogP contribution in [0, 0.1) is 0 Å². The van der Waals surface area contributed by atoms with E-state index in [4.69, 9.17) is 4.74 Å². The Labute approximate surface area is 139 Å². The molecule has 0 aliphatic rings. The zero-order valence-electron chi connectivity index (χ0n) is 14.8. The summed E-state index contributed by atoms with van der Waals surface area (Å²) in [5, 5.41) is 2.70. The highest BCUT2D eigenvalue weighted by Gasteiger charge is 2.15. The first-order valence-electron chi connectivity index (χ1n) is 7.96. The Kier molecular flexibility index (Phi) is 7.07. The number of carbonyl (C=O) groups excluding carboxylic acids is 2. The average Bonchev–Trinajstić information content (AvgIpc) is 2.45. The summed E-state index contributed by atoms with van der Waals surface area (Å²) in [7, 11) is 3.90. The van der Waals surface area contributed by atoms with Gasteiger partial charge in [0.2, 0.25) is 0 Å². The summed E-state index contributed by atoms with van der Waals surface area (Å²) in [6.07, 6.45) is 1.55. The third-order valence-electron chi connectivity index (χ3n) is 3.18. The summed E-state index contributed by atoms with van der Waals surface area (Å²) in [6, 6.07) is 7.61. The van der Waals surface area contributed by atoms with Crippen LogP contribution in [0.5, 0.6) is 0 Å². The van der Waals surface area contributed by atoms with Gasteiger partial charge in [0, 0.05) is 38.3 Å². The molecule has 5 heteroatoms. The lowest BCUT2D eigenvalue weighted by atomic mass is 10.0. The van der Waals surface area contributed by atoms with Crippen LogP contribution in [-0.2, 0) is 4.74 Å². The lowest BCUT2D eigenvalue weighted by Crippen LogP contribution is -2.33. The predicted molar refractivity (Wildman–Crippen MR) is 93.2 cm³/mol. The smallest absolute Gasteiger partial charge is 0.407 e. The zero-order chi connectivity index (χ0) is 17.5. The van der Waals surface area contributed by atoms with Crippen LogP contribution in [0.25, 0.3) is 0 Å². The van der Waals surface area contributed by atoms with Crippen LogP contribution in [0.4, 0.5) is 10.5 Å². The van der Waals surface area contributed by atoms with Crippen LogP contribution in [0.1, 0.15) is 50.4 Å². The van der Waals surface area contributed by atoms with Crippen molar-refractivity contribution in [2.45, 2.75) is 45.6 Å². The Bertz CT molecular complexity index is 533. The molecular weight excluding hydrogens is 292 g/mol. The third kappa shape index (κ3) is 7.68. The quantitative estimate of drug-likeness (QED) is 0.615. The lowest BCUT2D eigenvalue weighted by molar-refractivity contribution is 0.0527. The second-order valence-corrected chi connectivity index (χ2v) is 6.75. The molecule has 0 fully saturated rings. The Hall–Kier alpha value is -2.04. The maximum absolute atomic E-state index is 12.2. The predicted octanol–water partition coefficient (Wildman–Crippen LogP) is 3.63. The number of alkyl carbamates (subject to hydrolysis) is 1. The highest BCUT2D eigenvalue weighted by atomic mass is 16.6. The molecule has 0 saturated heterocycles. The van der Waals surface area contributed by atoms with Crippen LogP contribution in [0.2, 0.25) is 0 Å². The molecule has 5 nitrogen and oxygen atoms in total. The van der Waals surface area contributed by atoms with Crippen LogP contribution in [0.3, 0.4) is 0 Å². The van der Waals surface area contributed by atoms with E-state index in [1.807, 2.05) is 64.0 Å². The van der Waals surface area contributed by atoms with Crippen molar-refractivity contribution in [3.8, 4) is 0 Å². The van der Waals surface area contributed by atoms with Gasteiger partial charge < -0.3 is 15.0 Å². The van der Waals surface area contributed by atoms with E-state index in [1.54, 1.807) is 0 Å². The third-order valence-corrected chi connectivity index (χ3v) is 3.18. The van der Waals surface area contributed by atoms with E-state index in [-0.39, 0.29) is 5.78 Å². The summed E-state index contributed by atoms with van der Waals surface area (Å²) in [4.78, 5) is 25.6. The molecule has 0 unspecified atom stereocenters. The van der Waals surface area contributed by atoms with Gasteiger partial charge in [-0.1, -0.05) is 12.1 Å². The van der Waals surface area contributed by atoms with Crippen molar-refractivity contribution in [3.63, 3.8) is 0 Å². The summed E-state index contributed by atoms with van der Waals surface area (Å²) in [5.41, 5.74) is 1.26. The number of Topliss-reactive ketones (excluding diaryl/α,β-unsaturated/α-hetero) is 1. The number of hydrogen-bond donors (Lipinski definition) is 1. The topological polar surface area (TPSA) is 58.6 Å². The molecule has 128 valence electrons. The standard InChI is InChI=1S/C18H28N2O3/c1-18(2,3)23-17(22)19-12-7-6-11-16(21)14-9-8-10-15(13-14)20(4)5/h8-10,13H,6-7,11-12H2,1-5H3,(H,19,22). The van der Waals surface area contributed by atoms with E-state index in [1.165, 1.54) is 0 Å². The molecule has 1 amide bonds. The zero-order valence-corrected chi connectivity index (χ0v) is 14.8. The van der Waals surface area contributed by atoms with E-state index in [0.29, 0.717) is 13.0 Å². The summed E-state index contributed by atoms with van der Waals surface area (Å²) < 4.78 is 5.15. The number of nitrogens with zero attached hydrogens (tertiary/aromatic N) is 1. The lowest BCUT2D eigenvalue weighted by Gasteiger charge is -2.19. The average molecular weight is 320 g/mol. The van der Waals surface area contributed by atoms with Crippen LogP contribution in [-0.4, -0.2) is 38.1 Å². The van der Waals surface area contributed by atoms with E-state index in [2.05, 4.69) is 5.32 Å². The minimum absolute atomic E-state index is 0.131. The van der Waals surface area contributed by atoms with E-state index >= 15 is 0 Å². The number of nitrogens with one attached hydrogen (secondary N) is 1. The molecule has 0 saturated carbocycles. The largest absolute Gasteiger partial charge is 0.444 e. The number of hydrogen-bond acceptors (Lipinski definition) is 4. The van der Waals surface area contributed by atoms with Crippen molar-refractivity contribution in [2.24, 2.45) is 0 Å². The van der Waals surface area contributed by atoms with Gasteiger partial charge in [0.05, 0.1) is 0 Å². The fraction of sp³-hybridized carbons (Fsp3) is 0.556. The molecular formula is C18H28N2O3. The van der Waals surface area contributed by atoms with Gasteiger partial charge in [-0.15, -0.1) is 0 Å². The van der Waals surface area contributed by atoms with Crippen molar-refractivity contribution in [3.05, 3.63) is 29.8 Å². The Balaban J connectivity index is 2.29. The second-order valence-electron chi connectivity index (χ2n) is 6.75. The number of rotatable bonds is 7. The van der Waals surface area contributed by atoms with Gasteiger partial charge in [-0.3, -0.25) is 4.79 Å². The number of carbonyl (C=O) groups is 2. The summed E-state index contributed by atoms with van der Waals surface area (Å²) in [5.74, 6) is 0.131. The number of benzene rings is 1. The summed E-state index contributed by atoms with van der Waals surface area (Å²) >= 11 is 0. The van der Waals surface area contributed by atoms with Gasteiger partial charge in [0.15, 0.2) is 5.78 Å². The number of ether oxygens (including phenoxy) is 1. The Morgan fingerprint density at radius 2 is 1.87 bits per heavy atom.